The monoisotopic (exact) mass is 454 g/mol. The minimum absolute atomic E-state index is 0.133. The highest BCUT2D eigenvalue weighted by atomic mass is 32.2. The minimum atomic E-state index is -1.03. The predicted molar refractivity (Wildman–Crippen MR) is 122 cm³/mol. The van der Waals surface area contributed by atoms with Gasteiger partial charge < -0.3 is 14.6 Å². The summed E-state index contributed by atoms with van der Waals surface area (Å²) in [5.41, 5.74) is 1.39. The molecule has 0 unspecified atom stereocenters. The van der Waals surface area contributed by atoms with Gasteiger partial charge >= 0.3 is 11.9 Å². The van der Waals surface area contributed by atoms with Crippen LogP contribution in [0, 0.1) is 0 Å². The smallest absolute Gasteiger partial charge is 0.343 e. The van der Waals surface area contributed by atoms with Crippen LogP contribution in [0.2, 0.25) is 0 Å². The third kappa shape index (κ3) is 5.76. The number of hydrogen-bond donors (Lipinski definition) is 1. The van der Waals surface area contributed by atoms with Gasteiger partial charge in [-0.05, 0) is 60.2 Å². The largest absolute Gasteiger partial charge is 0.482 e. The highest BCUT2D eigenvalue weighted by molar-refractivity contribution is 8.18. The standard InChI is InChI=1S/C23H22N2O6S/c1-3-11-25-21(27)19(12-15-7-9-18(10-8-15)31-14-20(26)30-2)32-23(25)24-17-6-4-5-16(13-17)22(28)29/h4-10,12-13H,3,11,14H2,1-2H3,(H,28,29)/b19-12-,24-23?. The fourth-order valence-corrected chi connectivity index (χ4v) is 3.87. The second-order valence-electron chi connectivity index (χ2n) is 6.75. The summed E-state index contributed by atoms with van der Waals surface area (Å²) in [7, 11) is 1.29. The number of carbonyl (C=O) groups excluding carboxylic acids is 2. The van der Waals surface area contributed by atoms with Gasteiger partial charge in [0.1, 0.15) is 5.75 Å². The summed E-state index contributed by atoms with van der Waals surface area (Å²) in [6.07, 6.45) is 2.51. The average molecular weight is 455 g/mol. The molecule has 1 aliphatic rings. The normalized spacial score (nSPS) is 15.9. The molecule has 8 nitrogen and oxygen atoms in total. The van der Waals surface area contributed by atoms with Crippen LogP contribution in [0.4, 0.5) is 5.69 Å². The molecule has 0 bridgehead atoms. The molecular formula is C23H22N2O6S. The SMILES string of the molecule is CCCN1C(=O)/C(=C/c2ccc(OCC(=O)OC)cc2)SC1=Nc1cccc(C(=O)O)c1. The van der Waals surface area contributed by atoms with E-state index in [9.17, 15) is 19.5 Å². The van der Waals surface area contributed by atoms with Crippen molar-refractivity contribution in [3.8, 4) is 5.75 Å². The minimum Gasteiger partial charge on any atom is -0.482 e. The molecule has 1 fully saturated rings. The van der Waals surface area contributed by atoms with Crippen molar-refractivity contribution in [1.82, 2.24) is 4.90 Å². The highest BCUT2D eigenvalue weighted by Crippen LogP contribution is 2.34. The Bertz CT molecular complexity index is 1080. The first-order valence-corrected chi connectivity index (χ1v) is 10.7. The lowest BCUT2D eigenvalue weighted by Gasteiger charge is -2.14. The summed E-state index contributed by atoms with van der Waals surface area (Å²) < 4.78 is 9.87. The Morgan fingerprint density at radius 2 is 1.94 bits per heavy atom. The molecule has 1 heterocycles. The van der Waals surface area contributed by atoms with Crippen molar-refractivity contribution in [2.75, 3.05) is 20.3 Å². The van der Waals surface area contributed by atoms with Gasteiger partial charge in [0.15, 0.2) is 11.8 Å². The van der Waals surface area contributed by atoms with Crippen molar-refractivity contribution in [3.63, 3.8) is 0 Å². The number of ether oxygens (including phenoxy) is 2. The Labute approximate surface area is 189 Å². The third-order valence-corrected chi connectivity index (χ3v) is 5.42. The van der Waals surface area contributed by atoms with Crippen molar-refractivity contribution in [3.05, 3.63) is 64.6 Å². The molecule has 2 aromatic carbocycles. The number of amides is 1. The third-order valence-electron chi connectivity index (χ3n) is 4.42. The first-order valence-electron chi connectivity index (χ1n) is 9.84. The Hall–Kier alpha value is -3.59. The van der Waals surface area contributed by atoms with Crippen LogP contribution < -0.4 is 4.74 Å². The molecule has 0 radical (unpaired) electrons. The zero-order chi connectivity index (χ0) is 23.1. The van der Waals surface area contributed by atoms with Gasteiger partial charge in [0, 0.05) is 6.54 Å². The highest BCUT2D eigenvalue weighted by Gasteiger charge is 2.32. The van der Waals surface area contributed by atoms with E-state index in [1.165, 1.54) is 31.0 Å². The van der Waals surface area contributed by atoms with Crippen molar-refractivity contribution in [1.29, 1.82) is 0 Å². The predicted octanol–water partition coefficient (Wildman–Crippen LogP) is 3.95. The summed E-state index contributed by atoms with van der Waals surface area (Å²) in [4.78, 5) is 42.0. The van der Waals surface area contributed by atoms with E-state index in [1.807, 2.05) is 6.92 Å². The Balaban J connectivity index is 1.81. The van der Waals surface area contributed by atoms with E-state index in [-0.39, 0.29) is 18.1 Å². The summed E-state index contributed by atoms with van der Waals surface area (Å²) in [5, 5.41) is 9.69. The van der Waals surface area contributed by atoms with E-state index in [0.717, 1.165) is 12.0 Å². The maximum atomic E-state index is 12.9. The Morgan fingerprint density at radius 3 is 2.59 bits per heavy atom. The van der Waals surface area contributed by atoms with Gasteiger partial charge in [-0.2, -0.15) is 0 Å². The molecule has 0 aromatic heterocycles. The molecule has 1 saturated heterocycles. The number of methoxy groups -OCH3 is 1. The zero-order valence-electron chi connectivity index (χ0n) is 17.6. The number of benzene rings is 2. The lowest BCUT2D eigenvalue weighted by molar-refractivity contribution is -0.142. The molecule has 166 valence electrons. The van der Waals surface area contributed by atoms with Crippen LogP contribution in [0.15, 0.2) is 58.4 Å². The number of nitrogens with zero attached hydrogens (tertiary/aromatic N) is 2. The number of aliphatic imine (C=N–C) groups is 1. The van der Waals surface area contributed by atoms with E-state index in [0.29, 0.717) is 28.1 Å². The summed E-state index contributed by atoms with van der Waals surface area (Å²) in [6, 6.07) is 13.3. The molecule has 3 rings (SSSR count). The maximum Gasteiger partial charge on any atom is 0.343 e. The molecule has 0 aliphatic carbocycles. The number of carboxylic acids is 1. The van der Waals surface area contributed by atoms with E-state index < -0.39 is 11.9 Å². The number of esters is 1. The molecule has 0 saturated carbocycles. The van der Waals surface area contributed by atoms with E-state index in [1.54, 1.807) is 47.4 Å². The Kier molecular flexibility index (Phi) is 7.67. The van der Waals surface area contributed by atoms with E-state index >= 15 is 0 Å². The molecule has 0 spiro atoms. The second kappa shape index (κ2) is 10.6. The molecule has 9 heteroatoms. The van der Waals surface area contributed by atoms with Gasteiger partial charge in [0.25, 0.3) is 5.91 Å². The second-order valence-corrected chi connectivity index (χ2v) is 7.76. The van der Waals surface area contributed by atoms with Gasteiger partial charge in [-0.25, -0.2) is 14.6 Å². The summed E-state index contributed by atoms with van der Waals surface area (Å²) in [5.74, 6) is -1.15. The van der Waals surface area contributed by atoms with Gasteiger partial charge in [-0.1, -0.05) is 25.1 Å². The van der Waals surface area contributed by atoms with Crippen LogP contribution in [-0.4, -0.2) is 53.3 Å². The molecule has 32 heavy (non-hydrogen) atoms. The number of hydrogen-bond acceptors (Lipinski definition) is 7. The zero-order valence-corrected chi connectivity index (χ0v) is 18.4. The fraction of sp³-hybridized carbons (Fsp3) is 0.217. The van der Waals surface area contributed by atoms with Crippen LogP contribution in [-0.2, 0) is 14.3 Å². The maximum absolute atomic E-state index is 12.9. The number of carbonyl (C=O) groups is 3. The average Bonchev–Trinajstić information content (AvgIpc) is 3.07. The van der Waals surface area contributed by atoms with E-state index in [4.69, 9.17) is 4.74 Å². The Morgan fingerprint density at radius 1 is 1.19 bits per heavy atom. The summed E-state index contributed by atoms with van der Waals surface area (Å²) in [6.45, 7) is 2.29. The molecule has 1 N–H and O–H groups in total. The van der Waals surface area contributed by atoms with Gasteiger partial charge in [0.05, 0.1) is 23.3 Å². The molecular weight excluding hydrogens is 432 g/mol. The van der Waals surface area contributed by atoms with Crippen LogP contribution >= 0.6 is 11.8 Å². The van der Waals surface area contributed by atoms with Crippen molar-refractivity contribution in [2.24, 2.45) is 4.99 Å². The molecule has 1 amide bonds. The van der Waals surface area contributed by atoms with Crippen LogP contribution in [0.25, 0.3) is 6.08 Å². The molecule has 0 atom stereocenters. The van der Waals surface area contributed by atoms with Gasteiger partial charge in [-0.15, -0.1) is 0 Å². The number of amidine groups is 1. The lowest BCUT2D eigenvalue weighted by atomic mass is 10.2. The topological polar surface area (TPSA) is 106 Å². The lowest BCUT2D eigenvalue weighted by Crippen LogP contribution is -2.29. The quantitative estimate of drug-likeness (QED) is 0.475. The van der Waals surface area contributed by atoms with Crippen molar-refractivity contribution < 1.29 is 29.0 Å². The molecule has 1 aliphatic heterocycles. The van der Waals surface area contributed by atoms with E-state index in [2.05, 4.69) is 9.73 Å². The van der Waals surface area contributed by atoms with Crippen LogP contribution in [0.5, 0.6) is 5.75 Å². The summed E-state index contributed by atoms with van der Waals surface area (Å²) >= 11 is 1.24. The van der Waals surface area contributed by atoms with Crippen molar-refractivity contribution >= 4 is 46.5 Å². The molecule has 2 aromatic rings. The first kappa shape index (κ1) is 23.1. The number of aromatic carboxylic acids is 1. The fourth-order valence-electron chi connectivity index (χ4n) is 2.84. The van der Waals surface area contributed by atoms with Crippen LogP contribution in [0.1, 0.15) is 29.3 Å². The van der Waals surface area contributed by atoms with Crippen LogP contribution in [0.3, 0.4) is 0 Å². The van der Waals surface area contributed by atoms with Gasteiger partial charge in [-0.3, -0.25) is 9.69 Å². The number of carboxylic acid groups (broad SMARTS) is 1. The number of rotatable bonds is 8. The van der Waals surface area contributed by atoms with Crippen molar-refractivity contribution in [2.45, 2.75) is 13.3 Å². The van der Waals surface area contributed by atoms with Gasteiger partial charge in [0.2, 0.25) is 0 Å². The number of thioether (sulfide) groups is 1. The first-order chi connectivity index (χ1) is 15.4.